The van der Waals surface area contributed by atoms with Gasteiger partial charge >= 0.3 is 29.6 Å². The Labute approximate surface area is 106 Å². The first-order chi connectivity index (χ1) is 6.04. The van der Waals surface area contributed by atoms with Crippen LogP contribution >= 0.6 is 0 Å². The molecule has 0 aromatic rings. The normalized spacial score (nSPS) is 20.4. The van der Waals surface area contributed by atoms with Crippen molar-refractivity contribution in [1.82, 2.24) is 9.21 Å². The molecule has 6 nitrogen and oxygen atoms in total. The Morgan fingerprint density at radius 1 is 1.21 bits per heavy atom. The number of hydrogen-bond acceptors (Lipinski definition) is 5. The molecule has 0 amide bonds. The molecule has 0 aromatic carbocycles. The molecule has 8 heteroatoms. The SMILES string of the molecule is O=S(=O)([O-])N1CCN(CCO)CC1.[Na+]. The Morgan fingerprint density at radius 3 is 2.07 bits per heavy atom. The van der Waals surface area contributed by atoms with E-state index in [1.165, 1.54) is 0 Å². The van der Waals surface area contributed by atoms with Gasteiger partial charge in [-0.25, -0.2) is 12.7 Å². The summed E-state index contributed by atoms with van der Waals surface area (Å²) >= 11 is 0. The number of β-amino-alcohol motifs (C(OH)–C–C–N with tert-alkyl or cyclic N) is 1. The van der Waals surface area contributed by atoms with E-state index in [-0.39, 0.29) is 49.3 Å². The third kappa shape index (κ3) is 4.54. The summed E-state index contributed by atoms with van der Waals surface area (Å²) < 4.78 is 32.6. The third-order valence-corrected chi connectivity index (χ3v) is 3.06. The second kappa shape index (κ2) is 6.39. The first-order valence-corrected chi connectivity index (χ1v) is 5.45. The molecule has 0 aliphatic carbocycles. The molecule has 0 bridgehead atoms. The van der Waals surface area contributed by atoms with Crippen LogP contribution in [0.2, 0.25) is 0 Å². The second-order valence-electron chi connectivity index (χ2n) is 2.92. The van der Waals surface area contributed by atoms with Crippen molar-refractivity contribution in [2.75, 3.05) is 39.3 Å². The predicted molar refractivity (Wildman–Crippen MR) is 44.8 cm³/mol. The van der Waals surface area contributed by atoms with Gasteiger partial charge in [-0.1, -0.05) is 0 Å². The topological polar surface area (TPSA) is 83.9 Å². The molecular weight excluding hydrogens is 219 g/mol. The van der Waals surface area contributed by atoms with E-state index in [0.717, 1.165) is 4.31 Å². The third-order valence-electron chi connectivity index (χ3n) is 2.06. The van der Waals surface area contributed by atoms with Crippen LogP contribution in [0, 0.1) is 0 Å². The van der Waals surface area contributed by atoms with E-state index < -0.39 is 10.3 Å². The van der Waals surface area contributed by atoms with E-state index in [9.17, 15) is 13.0 Å². The van der Waals surface area contributed by atoms with Gasteiger partial charge in [0.15, 0.2) is 10.3 Å². The molecule has 0 unspecified atom stereocenters. The molecule has 1 aliphatic heterocycles. The molecule has 78 valence electrons. The summed E-state index contributed by atoms with van der Waals surface area (Å²) in [4.78, 5) is 1.92. The summed E-state index contributed by atoms with van der Waals surface area (Å²) in [6, 6.07) is 0. The average molecular weight is 232 g/mol. The molecule has 0 atom stereocenters. The van der Waals surface area contributed by atoms with Gasteiger partial charge in [0.1, 0.15) is 0 Å². The van der Waals surface area contributed by atoms with Crippen LogP contribution in [0.25, 0.3) is 0 Å². The monoisotopic (exact) mass is 232 g/mol. The Balaban J connectivity index is 0.00000169. The minimum atomic E-state index is -4.27. The van der Waals surface area contributed by atoms with Gasteiger partial charge in [-0.05, 0) is 0 Å². The minimum absolute atomic E-state index is 0. The molecule has 1 rings (SSSR count). The number of aliphatic hydroxyl groups excluding tert-OH is 1. The number of piperazine rings is 1. The van der Waals surface area contributed by atoms with Crippen LogP contribution in [0.5, 0.6) is 0 Å². The summed E-state index contributed by atoms with van der Waals surface area (Å²) in [6.45, 7) is 2.08. The zero-order valence-corrected chi connectivity index (χ0v) is 11.0. The van der Waals surface area contributed by atoms with E-state index in [1.807, 2.05) is 4.90 Å². The van der Waals surface area contributed by atoms with Crippen LogP contribution in [0.1, 0.15) is 0 Å². The Morgan fingerprint density at radius 2 is 1.71 bits per heavy atom. The molecule has 0 radical (unpaired) electrons. The van der Waals surface area contributed by atoms with Gasteiger partial charge in [0.05, 0.1) is 6.61 Å². The van der Waals surface area contributed by atoms with Gasteiger partial charge in [0.25, 0.3) is 0 Å². The van der Waals surface area contributed by atoms with Crippen molar-refractivity contribution in [2.24, 2.45) is 0 Å². The van der Waals surface area contributed by atoms with E-state index in [4.69, 9.17) is 5.11 Å². The average Bonchev–Trinajstić information content (AvgIpc) is 2.04. The predicted octanol–water partition coefficient (Wildman–Crippen LogP) is -4.94. The van der Waals surface area contributed by atoms with E-state index in [0.29, 0.717) is 19.6 Å². The zero-order chi connectivity index (χ0) is 9.90. The first-order valence-electron chi connectivity index (χ1n) is 4.08. The van der Waals surface area contributed by atoms with Gasteiger partial charge in [-0.15, -0.1) is 0 Å². The van der Waals surface area contributed by atoms with Crippen molar-refractivity contribution < 1.29 is 47.6 Å². The Bertz CT molecular complexity index is 251. The van der Waals surface area contributed by atoms with Gasteiger partial charge in [-0.2, -0.15) is 0 Å². The molecule has 0 spiro atoms. The zero-order valence-electron chi connectivity index (χ0n) is 8.22. The van der Waals surface area contributed by atoms with Gasteiger partial charge in [-0.3, -0.25) is 4.90 Å². The molecule has 1 heterocycles. The van der Waals surface area contributed by atoms with Crippen LogP contribution < -0.4 is 29.6 Å². The molecule has 1 fully saturated rings. The quantitative estimate of drug-likeness (QED) is 0.389. The molecule has 0 saturated carbocycles. The first kappa shape index (κ1) is 14.8. The van der Waals surface area contributed by atoms with Crippen molar-refractivity contribution in [3.05, 3.63) is 0 Å². The molecule has 1 saturated heterocycles. The van der Waals surface area contributed by atoms with Crippen LogP contribution in [0.4, 0.5) is 0 Å². The van der Waals surface area contributed by atoms with Crippen LogP contribution in [0.15, 0.2) is 0 Å². The fourth-order valence-corrected chi connectivity index (χ4v) is 1.93. The number of nitrogens with zero attached hydrogens (tertiary/aromatic N) is 2. The standard InChI is InChI=1S/C6H14N2O4S.Na/c9-6-5-7-1-3-8(4-2-7)13(10,11)12;/h9H,1-6H2,(H,10,11,12);/q;+1/p-1. The maximum absolute atomic E-state index is 10.6. The van der Waals surface area contributed by atoms with E-state index in [1.54, 1.807) is 0 Å². The van der Waals surface area contributed by atoms with Crippen molar-refractivity contribution in [2.45, 2.75) is 0 Å². The fourth-order valence-electron chi connectivity index (χ4n) is 1.32. The number of rotatable bonds is 3. The molecule has 1 aliphatic rings. The molecule has 14 heavy (non-hydrogen) atoms. The Hall–Kier alpha value is 0.790. The second-order valence-corrected chi connectivity index (χ2v) is 4.29. The summed E-state index contributed by atoms with van der Waals surface area (Å²) in [6.07, 6.45) is 0. The van der Waals surface area contributed by atoms with Crippen molar-refractivity contribution in [3.63, 3.8) is 0 Å². The van der Waals surface area contributed by atoms with E-state index >= 15 is 0 Å². The minimum Gasteiger partial charge on any atom is -0.735 e. The maximum Gasteiger partial charge on any atom is 1.00 e. The van der Waals surface area contributed by atoms with Gasteiger partial charge in [0.2, 0.25) is 0 Å². The van der Waals surface area contributed by atoms with Crippen molar-refractivity contribution >= 4 is 10.3 Å². The molecule has 0 aromatic heterocycles. The van der Waals surface area contributed by atoms with Crippen LogP contribution in [0.3, 0.4) is 0 Å². The van der Waals surface area contributed by atoms with Gasteiger partial charge < -0.3 is 9.66 Å². The fraction of sp³-hybridized carbons (Fsp3) is 1.00. The van der Waals surface area contributed by atoms with Crippen LogP contribution in [-0.4, -0.2) is 66.6 Å². The summed E-state index contributed by atoms with van der Waals surface area (Å²) in [7, 11) is -4.27. The Kier molecular flexibility index (Phi) is 6.75. The molecule has 1 N–H and O–H groups in total. The smallest absolute Gasteiger partial charge is 0.735 e. The maximum atomic E-state index is 10.6. The van der Waals surface area contributed by atoms with Crippen molar-refractivity contribution in [1.29, 1.82) is 0 Å². The molecular formula is C6H13N2NaO4S. The number of aliphatic hydroxyl groups is 1. The van der Waals surface area contributed by atoms with Crippen LogP contribution in [-0.2, 0) is 10.3 Å². The summed E-state index contributed by atoms with van der Waals surface area (Å²) in [5.41, 5.74) is 0. The summed E-state index contributed by atoms with van der Waals surface area (Å²) in [5.74, 6) is 0. The van der Waals surface area contributed by atoms with E-state index in [2.05, 4.69) is 0 Å². The number of hydrogen-bond donors (Lipinski definition) is 1. The van der Waals surface area contributed by atoms with Gasteiger partial charge in [0, 0.05) is 32.7 Å². The summed E-state index contributed by atoms with van der Waals surface area (Å²) in [5, 5.41) is 8.61. The largest absolute Gasteiger partial charge is 1.00 e. The van der Waals surface area contributed by atoms with Crippen molar-refractivity contribution in [3.8, 4) is 0 Å².